The summed E-state index contributed by atoms with van der Waals surface area (Å²) >= 11 is 3.54. The quantitative estimate of drug-likeness (QED) is 0.240. The number of carbonyl (C=O) groups excluding carboxylic acids is 1. The van der Waals surface area contributed by atoms with Crippen LogP contribution in [-0.2, 0) is 21.6 Å². The monoisotopic (exact) mass is 538 g/mol. The van der Waals surface area contributed by atoms with Crippen LogP contribution in [-0.4, -0.2) is 23.3 Å². The summed E-state index contributed by atoms with van der Waals surface area (Å²) in [4.78, 5) is 21.5. The molecule has 0 radical (unpaired) electrons. The molecule has 0 bridgehead atoms. The summed E-state index contributed by atoms with van der Waals surface area (Å²) in [5.41, 5.74) is 2.62. The predicted molar refractivity (Wildman–Crippen MR) is 147 cm³/mol. The van der Waals surface area contributed by atoms with E-state index in [1.807, 2.05) is 97.9 Å². The molecule has 0 amide bonds. The van der Waals surface area contributed by atoms with Crippen molar-refractivity contribution in [1.82, 2.24) is 4.90 Å². The van der Waals surface area contributed by atoms with Crippen LogP contribution in [0, 0.1) is 0 Å². The van der Waals surface area contributed by atoms with Gasteiger partial charge in [0.15, 0.2) is 0 Å². The molecule has 180 valence electrons. The third-order valence-corrected chi connectivity index (χ3v) is 7.00. The summed E-state index contributed by atoms with van der Waals surface area (Å²) in [5, 5.41) is 0. The van der Waals surface area contributed by atoms with Gasteiger partial charge in [0, 0.05) is 16.6 Å². The minimum atomic E-state index is -1.26. The van der Waals surface area contributed by atoms with Crippen molar-refractivity contribution in [1.29, 1.82) is 0 Å². The fourth-order valence-electron chi connectivity index (χ4n) is 4.90. The van der Waals surface area contributed by atoms with Crippen LogP contribution in [0.5, 0.6) is 0 Å². The second-order valence-electron chi connectivity index (χ2n) is 8.72. The van der Waals surface area contributed by atoms with Gasteiger partial charge in [-0.25, -0.2) is 9.79 Å². The SMILES string of the molecule is CCOC(=O)[C@]1(c2ccccc2)N=C(c2ccccc2)N(Cc2ccc(Br)cc2)[C@@H]1c1ccccc1. The molecule has 5 heteroatoms. The molecule has 4 aromatic carbocycles. The molecule has 4 aromatic rings. The van der Waals surface area contributed by atoms with Gasteiger partial charge in [0.05, 0.1) is 12.6 Å². The van der Waals surface area contributed by atoms with E-state index in [0.717, 1.165) is 32.6 Å². The molecule has 0 aliphatic carbocycles. The topological polar surface area (TPSA) is 41.9 Å². The highest BCUT2D eigenvalue weighted by Crippen LogP contribution is 2.50. The van der Waals surface area contributed by atoms with Gasteiger partial charge >= 0.3 is 5.97 Å². The van der Waals surface area contributed by atoms with Gasteiger partial charge in [-0.15, -0.1) is 0 Å². The van der Waals surface area contributed by atoms with Crippen LogP contribution in [0.2, 0.25) is 0 Å². The summed E-state index contributed by atoms with van der Waals surface area (Å²) in [6.07, 6.45) is 0. The van der Waals surface area contributed by atoms with Gasteiger partial charge in [-0.1, -0.05) is 119 Å². The predicted octanol–water partition coefficient (Wildman–Crippen LogP) is 6.91. The average molecular weight is 539 g/mol. The van der Waals surface area contributed by atoms with Crippen LogP contribution in [0.15, 0.2) is 125 Å². The van der Waals surface area contributed by atoms with E-state index in [1.165, 1.54) is 0 Å². The van der Waals surface area contributed by atoms with Crippen LogP contribution < -0.4 is 0 Å². The standard InChI is InChI=1S/C31H27BrN2O2/c1-2-36-30(35)31(26-16-10-5-11-17-26)28(24-12-6-3-7-13-24)34(22-23-18-20-27(32)21-19-23)29(33-31)25-14-8-4-9-15-25/h3-21,28H,2,22H2,1H3/t28-,31-/m1/s1. The molecule has 0 N–H and O–H groups in total. The summed E-state index contributed by atoms with van der Waals surface area (Å²) in [7, 11) is 0. The molecule has 0 aromatic heterocycles. The Kier molecular flexibility index (Phi) is 7.01. The van der Waals surface area contributed by atoms with Crippen LogP contribution >= 0.6 is 15.9 Å². The third kappa shape index (κ3) is 4.47. The van der Waals surface area contributed by atoms with E-state index >= 15 is 0 Å². The zero-order valence-corrected chi connectivity index (χ0v) is 21.6. The van der Waals surface area contributed by atoms with Gasteiger partial charge in [0.2, 0.25) is 5.54 Å². The Balaban J connectivity index is 1.78. The largest absolute Gasteiger partial charge is 0.464 e. The summed E-state index contributed by atoms with van der Waals surface area (Å²) in [6, 6.07) is 37.9. The summed E-state index contributed by atoms with van der Waals surface area (Å²) in [5.74, 6) is 0.418. The van der Waals surface area contributed by atoms with Crippen molar-refractivity contribution >= 4 is 27.7 Å². The van der Waals surface area contributed by atoms with E-state index in [-0.39, 0.29) is 12.6 Å². The molecule has 0 saturated heterocycles. The zero-order chi connectivity index (χ0) is 25.0. The highest BCUT2D eigenvalue weighted by atomic mass is 79.9. The molecular weight excluding hydrogens is 512 g/mol. The van der Waals surface area contributed by atoms with Gasteiger partial charge in [0.25, 0.3) is 0 Å². The molecule has 4 nitrogen and oxygen atoms in total. The van der Waals surface area contributed by atoms with E-state index in [4.69, 9.17) is 9.73 Å². The number of halogens is 1. The lowest BCUT2D eigenvalue weighted by Gasteiger charge is -2.37. The number of nitrogens with zero attached hydrogens (tertiary/aromatic N) is 2. The Hall–Kier alpha value is -3.70. The number of rotatable bonds is 7. The van der Waals surface area contributed by atoms with Crippen molar-refractivity contribution in [3.63, 3.8) is 0 Å². The molecule has 0 fully saturated rings. The highest BCUT2D eigenvalue weighted by molar-refractivity contribution is 9.10. The maximum atomic E-state index is 14.0. The fourth-order valence-corrected chi connectivity index (χ4v) is 5.16. The first kappa shape index (κ1) is 24.0. The Bertz CT molecular complexity index is 1340. The first-order chi connectivity index (χ1) is 17.6. The van der Waals surface area contributed by atoms with E-state index in [1.54, 1.807) is 0 Å². The molecule has 5 rings (SSSR count). The number of hydrogen-bond donors (Lipinski definition) is 0. The van der Waals surface area contributed by atoms with Gasteiger partial charge < -0.3 is 9.64 Å². The molecule has 0 unspecified atom stereocenters. The number of aliphatic imine (C=N–C) groups is 1. The Labute approximate surface area is 220 Å². The van der Waals surface area contributed by atoms with E-state index < -0.39 is 11.6 Å². The van der Waals surface area contributed by atoms with Crippen molar-refractivity contribution in [2.75, 3.05) is 6.61 Å². The number of carbonyl (C=O) groups is 1. The van der Waals surface area contributed by atoms with Crippen LogP contribution in [0.1, 0.15) is 35.2 Å². The van der Waals surface area contributed by atoms with Gasteiger partial charge in [0.1, 0.15) is 5.84 Å². The lowest BCUT2D eigenvalue weighted by atomic mass is 9.79. The molecule has 1 aliphatic rings. The summed E-state index contributed by atoms with van der Waals surface area (Å²) in [6.45, 7) is 2.69. The number of hydrogen-bond acceptors (Lipinski definition) is 4. The van der Waals surface area contributed by atoms with Crippen molar-refractivity contribution < 1.29 is 9.53 Å². The van der Waals surface area contributed by atoms with Gasteiger partial charge in [-0.3, -0.25) is 0 Å². The van der Waals surface area contributed by atoms with Crippen LogP contribution in [0.25, 0.3) is 0 Å². The van der Waals surface area contributed by atoms with E-state index in [9.17, 15) is 4.79 Å². The molecule has 0 saturated carbocycles. The van der Waals surface area contributed by atoms with E-state index in [0.29, 0.717) is 6.54 Å². The smallest absolute Gasteiger partial charge is 0.341 e. The number of ether oxygens (including phenoxy) is 1. The second kappa shape index (κ2) is 10.5. The number of esters is 1. The molecule has 2 atom stereocenters. The Morgan fingerprint density at radius 3 is 2.06 bits per heavy atom. The van der Waals surface area contributed by atoms with E-state index in [2.05, 4.69) is 45.1 Å². The maximum Gasteiger partial charge on any atom is 0.341 e. The maximum absolute atomic E-state index is 14.0. The average Bonchev–Trinajstić information content (AvgIpc) is 3.27. The molecule has 1 heterocycles. The Morgan fingerprint density at radius 2 is 1.44 bits per heavy atom. The fraction of sp³-hybridized carbons (Fsp3) is 0.161. The normalized spacial score (nSPS) is 19.1. The third-order valence-electron chi connectivity index (χ3n) is 6.48. The van der Waals surface area contributed by atoms with Crippen LogP contribution in [0.3, 0.4) is 0 Å². The zero-order valence-electron chi connectivity index (χ0n) is 20.1. The number of amidine groups is 1. The van der Waals surface area contributed by atoms with Crippen molar-refractivity contribution in [3.05, 3.63) is 142 Å². The summed E-state index contributed by atoms with van der Waals surface area (Å²) < 4.78 is 6.78. The van der Waals surface area contributed by atoms with Gasteiger partial charge in [-0.05, 0) is 35.7 Å². The number of benzene rings is 4. The van der Waals surface area contributed by atoms with Crippen molar-refractivity contribution in [3.8, 4) is 0 Å². The molecule has 1 aliphatic heterocycles. The Morgan fingerprint density at radius 1 is 0.861 bits per heavy atom. The first-order valence-corrected chi connectivity index (χ1v) is 12.9. The molecule has 0 spiro atoms. The second-order valence-corrected chi connectivity index (χ2v) is 9.64. The lowest BCUT2D eigenvalue weighted by molar-refractivity contribution is -0.151. The molecular formula is C31H27BrN2O2. The lowest BCUT2D eigenvalue weighted by Crippen LogP contribution is -2.44. The highest BCUT2D eigenvalue weighted by Gasteiger charge is 2.57. The molecule has 36 heavy (non-hydrogen) atoms. The van der Waals surface area contributed by atoms with Crippen molar-refractivity contribution in [2.24, 2.45) is 4.99 Å². The van der Waals surface area contributed by atoms with Crippen molar-refractivity contribution in [2.45, 2.75) is 25.0 Å². The minimum absolute atomic E-state index is 0.276. The van der Waals surface area contributed by atoms with Gasteiger partial charge in [-0.2, -0.15) is 0 Å². The first-order valence-electron chi connectivity index (χ1n) is 12.1. The minimum Gasteiger partial charge on any atom is -0.464 e. The van der Waals surface area contributed by atoms with Crippen LogP contribution in [0.4, 0.5) is 0 Å².